The molecule has 0 aromatic heterocycles. The summed E-state index contributed by atoms with van der Waals surface area (Å²) in [7, 11) is -4.04. The molecule has 0 radical (unpaired) electrons. The number of hydrogen-bond acceptors (Lipinski definition) is 3. The van der Waals surface area contributed by atoms with E-state index in [4.69, 9.17) is 23.2 Å². The van der Waals surface area contributed by atoms with Gasteiger partial charge in [-0.15, -0.1) is 0 Å². The van der Waals surface area contributed by atoms with Crippen LogP contribution in [-0.2, 0) is 4.57 Å². The van der Waals surface area contributed by atoms with Crippen molar-refractivity contribution in [3.05, 3.63) is 68.7 Å². The molecule has 0 bridgehead atoms. The van der Waals surface area contributed by atoms with Gasteiger partial charge in [0.15, 0.2) is 0 Å². The van der Waals surface area contributed by atoms with Gasteiger partial charge in [0.2, 0.25) is 18.2 Å². The Labute approximate surface area is 189 Å². The second kappa shape index (κ2) is 9.39. The Hall–Kier alpha value is -1.41. The topological polar surface area (TPSA) is 51.2 Å². The fourth-order valence-corrected chi connectivity index (χ4v) is 7.56. The van der Waals surface area contributed by atoms with Crippen LogP contribution in [0.2, 0.25) is 10.0 Å². The molecule has 2 aromatic rings. The number of rotatable bonds is 7. The molecule has 2 rings (SSSR count). The molecule has 0 N–H and O–H groups in total. The molecule has 2 aromatic carbocycles. The van der Waals surface area contributed by atoms with Crippen LogP contribution >= 0.6 is 30.3 Å². The average Bonchev–Trinajstić information content (AvgIpc) is 2.59. The van der Waals surface area contributed by atoms with Crippen molar-refractivity contribution in [1.29, 1.82) is 0 Å². The van der Waals surface area contributed by atoms with Crippen molar-refractivity contribution < 1.29 is 14.2 Å². The lowest BCUT2D eigenvalue weighted by Crippen LogP contribution is -2.21. The average molecular weight is 467 g/mol. The number of halogens is 2. The second-order valence-electron chi connectivity index (χ2n) is 9.27. The van der Waals surface area contributed by atoms with E-state index in [1.807, 2.05) is 13.0 Å². The van der Waals surface area contributed by atoms with E-state index in [1.54, 1.807) is 32.0 Å². The van der Waals surface area contributed by atoms with Crippen LogP contribution in [0.5, 0.6) is 0 Å². The van der Waals surface area contributed by atoms with Crippen LogP contribution in [0.3, 0.4) is 0 Å². The van der Waals surface area contributed by atoms with Crippen molar-refractivity contribution in [1.82, 2.24) is 0 Å². The second-order valence-corrected chi connectivity index (χ2v) is 12.7. The van der Waals surface area contributed by atoms with E-state index in [9.17, 15) is 14.2 Å². The molecule has 30 heavy (non-hydrogen) atoms. The lowest BCUT2D eigenvalue weighted by Gasteiger charge is -2.27. The third kappa shape index (κ3) is 5.44. The van der Waals surface area contributed by atoms with Gasteiger partial charge < -0.3 is 4.57 Å². The number of carbonyl (C=O) groups excluding carboxylic acids is 2. The van der Waals surface area contributed by atoms with Gasteiger partial charge in [0, 0.05) is 11.7 Å². The zero-order chi connectivity index (χ0) is 22.9. The molecule has 0 aliphatic heterocycles. The Morgan fingerprint density at radius 1 is 0.900 bits per heavy atom. The van der Waals surface area contributed by atoms with Crippen LogP contribution in [0.15, 0.2) is 36.4 Å². The highest BCUT2D eigenvalue weighted by atomic mass is 35.5. The highest BCUT2D eigenvalue weighted by molar-refractivity contribution is 7.95. The number of aryl methyl sites for hydroxylation is 2. The van der Waals surface area contributed by atoms with Crippen molar-refractivity contribution in [2.75, 3.05) is 6.16 Å². The Morgan fingerprint density at radius 2 is 1.33 bits per heavy atom. The fourth-order valence-electron chi connectivity index (χ4n) is 4.02. The Bertz CT molecular complexity index is 914. The first-order valence-electron chi connectivity index (χ1n) is 9.97. The van der Waals surface area contributed by atoms with Crippen molar-refractivity contribution in [3.8, 4) is 0 Å². The first-order chi connectivity index (χ1) is 13.8. The predicted octanol–water partition coefficient (Wildman–Crippen LogP) is 8.03. The predicted molar refractivity (Wildman–Crippen MR) is 127 cm³/mol. The Kier molecular flexibility index (Phi) is 7.78. The standard InChI is InChI=1S/C24H29Cl2O3P/c1-15(13-24(4,5)6)14-30(29,22(27)20-16(2)9-7-10-17(20)3)23(28)21-18(25)11-8-12-19(21)26/h7-12,15H,13-14H2,1-6H3. The molecule has 0 heterocycles. The third-order valence-corrected chi connectivity index (χ3v) is 8.58. The molecule has 0 aliphatic carbocycles. The largest absolute Gasteiger partial charge is 0.307 e. The minimum Gasteiger partial charge on any atom is -0.307 e. The summed E-state index contributed by atoms with van der Waals surface area (Å²) in [5.41, 5.74) is 0.304. The van der Waals surface area contributed by atoms with E-state index in [2.05, 4.69) is 20.8 Å². The molecule has 6 heteroatoms. The molecule has 0 fully saturated rings. The minimum absolute atomic E-state index is 0.0166. The smallest absolute Gasteiger partial charge is 0.231 e. The van der Waals surface area contributed by atoms with Crippen molar-refractivity contribution in [3.63, 3.8) is 0 Å². The summed E-state index contributed by atoms with van der Waals surface area (Å²) in [6, 6.07) is 10.1. The normalized spacial score (nSPS) is 14.8. The SMILES string of the molecule is Cc1cccc(C)c1C(=O)P(=O)(CC(C)CC(C)(C)C)C(=O)c1c(Cl)cccc1Cl. The maximum atomic E-state index is 14.3. The zero-order valence-corrected chi connectivity index (χ0v) is 20.8. The molecule has 0 aliphatic rings. The molecule has 0 amide bonds. The van der Waals surface area contributed by atoms with E-state index in [1.165, 1.54) is 12.1 Å². The number of carbonyl (C=O) groups is 2. The summed E-state index contributed by atoms with van der Waals surface area (Å²) in [4.78, 5) is 27.3. The van der Waals surface area contributed by atoms with Crippen LogP contribution in [0, 0.1) is 25.2 Å². The van der Waals surface area contributed by atoms with Gasteiger partial charge in [-0.2, -0.15) is 0 Å². The van der Waals surface area contributed by atoms with E-state index in [0.29, 0.717) is 16.7 Å². The summed E-state index contributed by atoms with van der Waals surface area (Å²) < 4.78 is 14.3. The van der Waals surface area contributed by atoms with Gasteiger partial charge in [0.05, 0.1) is 15.6 Å². The summed E-state index contributed by atoms with van der Waals surface area (Å²) in [5, 5.41) is 0.205. The van der Waals surface area contributed by atoms with Crippen molar-refractivity contribution in [2.24, 2.45) is 11.3 Å². The van der Waals surface area contributed by atoms with Gasteiger partial charge in [-0.05, 0) is 54.9 Å². The van der Waals surface area contributed by atoms with Gasteiger partial charge in [-0.3, -0.25) is 9.59 Å². The molecule has 3 nitrogen and oxygen atoms in total. The van der Waals surface area contributed by atoms with Gasteiger partial charge in [-0.1, -0.05) is 75.2 Å². The molecule has 162 valence electrons. The van der Waals surface area contributed by atoms with Crippen LogP contribution < -0.4 is 0 Å². The Balaban J connectivity index is 2.65. The maximum Gasteiger partial charge on any atom is 0.231 e. The lowest BCUT2D eigenvalue weighted by atomic mass is 9.86. The van der Waals surface area contributed by atoms with E-state index < -0.39 is 18.2 Å². The van der Waals surface area contributed by atoms with Crippen LogP contribution in [0.25, 0.3) is 0 Å². The molecular weight excluding hydrogens is 438 g/mol. The molecule has 0 saturated carbocycles. The van der Waals surface area contributed by atoms with Gasteiger partial charge in [0.25, 0.3) is 0 Å². The third-order valence-electron chi connectivity index (χ3n) is 5.06. The lowest BCUT2D eigenvalue weighted by molar-refractivity contribution is 0.103. The molecular formula is C24H29Cl2O3P. The number of hydrogen-bond donors (Lipinski definition) is 0. The highest BCUT2D eigenvalue weighted by Crippen LogP contribution is 2.56. The van der Waals surface area contributed by atoms with Crippen LogP contribution in [0.1, 0.15) is 66.0 Å². The summed E-state index contributed by atoms with van der Waals surface area (Å²) in [5.74, 6) is -0.102. The highest BCUT2D eigenvalue weighted by Gasteiger charge is 2.44. The van der Waals surface area contributed by atoms with Gasteiger partial charge >= 0.3 is 0 Å². The number of benzene rings is 2. The molecule has 2 unspecified atom stereocenters. The van der Waals surface area contributed by atoms with Crippen molar-refractivity contribution in [2.45, 2.75) is 48.0 Å². The quantitative estimate of drug-likeness (QED) is 0.388. The van der Waals surface area contributed by atoms with E-state index in [-0.39, 0.29) is 33.1 Å². The minimum atomic E-state index is -4.04. The molecule has 2 atom stereocenters. The van der Waals surface area contributed by atoms with Crippen molar-refractivity contribution >= 4 is 41.4 Å². The Morgan fingerprint density at radius 3 is 1.80 bits per heavy atom. The van der Waals surface area contributed by atoms with Gasteiger partial charge in [0.1, 0.15) is 0 Å². The zero-order valence-electron chi connectivity index (χ0n) is 18.4. The molecule has 0 spiro atoms. The van der Waals surface area contributed by atoms with Crippen LogP contribution in [0.4, 0.5) is 0 Å². The summed E-state index contributed by atoms with van der Waals surface area (Å²) >= 11 is 12.5. The summed E-state index contributed by atoms with van der Waals surface area (Å²) in [6.07, 6.45) is 0.706. The van der Waals surface area contributed by atoms with E-state index >= 15 is 0 Å². The van der Waals surface area contributed by atoms with Gasteiger partial charge in [-0.25, -0.2) is 0 Å². The fraction of sp³-hybridized carbons (Fsp3) is 0.417. The molecule has 0 saturated heterocycles. The maximum absolute atomic E-state index is 14.3. The summed E-state index contributed by atoms with van der Waals surface area (Å²) in [6.45, 7) is 11.7. The van der Waals surface area contributed by atoms with Crippen LogP contribution in [-0.4, -0.2) is 17.2 Å². The monoisotopic (exact) mass is 466 g/mol. The van der Waals surface area contributed by atoms with E-state index in [0.717, 1.165) is 6.42 Å². The first kappa shape index (κ1) is 24.9. The first-order valence-corrected chi connectivity index (χ1v) is 12.6.